The van der Waals surface area contributed by atoms with Gasteiger partial charge < -0.3 is 65.1 Å². The number of carbonyl (C=O) groups is 1. The van der Waals surface area contributed by atoms with Gasteiger partial charge in [-0.05, 0) is 77.0 Å². The molecule has 0 aromatic heterocycles. The molecule has 14 heteroatoms. The normalized spacial score (nSPS) is 26.3. The lowest BCUT2D eigenvalue weighted by molar-refractivity contribution is -0.359. The minimum atomic E-state index is -1.80. The molecule has 410 valence electrons. The highest BCUT2D eigenvalue weighted by molar-refractivity contribution is 5.76. The Labute approximate surface area is 428 Å². The highest BCUT2D eigenvalue weighted by Gasteiger charge is 2.51. The molecule has 1 amide bonds. The molecule has 2 rings (SSSR count). The molecule has 2 fully saturated rings. The third kappa shape index (κ3) is 29.2. The number of nitrogens with one attached hydrogen (secondary N) is 1. The van der Waals surface area contributed by atoms with Crippen molar-refractivity contribution in [1.29, 1.82) is 0 Å². The fourth-order valence-electron chi connectivity index (χ4n) is 8.63. The molecule has 12 atom stereocenters. The SMILES string of the molecule is CC/C=C\C/C=C\C/C=C\CCCCCCCCCC(=O)NC(COC1OC(CO)C(OC2OC(CO)C(O)C(O)C2O)C(O)C1O)C(O)/C=C/CC/C=C/CC/C=C/CCCCCCCCCCCC. The Bertz CT molecular complexity index is 1470. The molecule has 0 aromatic rings. The Morgan fingerprint density at radius 1 is 0.521 bits per heavy atom. The number of hydrogen-bond acceptors (Lipinski definition) is 13. The summed E-state index contributed by atoms with van der Waals surface area (Å²) in [6, 6.07) is -0.946. The minimum absolute atomic E-state index is 0.255. The molecule has 2 aliphatic heterocycles. The summed E-state index contributed by atoms with van der Waals surface area (Å²) in [7, 11) is 0. The van der Waals surface area contributed by atoms with Gasteiger partial charge in [-0.2, -0.15) is 0 Å². The molecule has 0 radical (unpaired) electrons. The van der Waals surface area contributed by atoms with E-state index in [1.807, 2.05) is 6.08 Å². The van der Waals surface area contributed by atoms with E-state index >= 15 is 0 Å². The van der Waals surface area contributed by atoms with Crippen molar-refractivity contribution in [3.8, 4) is 0 Å². The predicted octanol–water partition coefficient (Wildman–Crippen LogP) is 8.38. The predicted molar refractivity (Wildman–Crippen MR) is 281 cm³/mol. The number of hydrogen-bond donors (Lipinski definition) is 9. The number of allylic oxidation sites excluding steroid dienone is 11. The lowest BCUT2D eigenvalue weighted by Crippen LogP contribution is -2.65. The fourth-order valence-corrected chi connectivity index (χ4v) is 8.63. The Balaban J connectivity index is 1.84. The second kappa shape index (κ2) is 42.8. The van der Waals surface area contributed by atoms with Crippen LogP contribution in [0.4, 0.5) is 0 Å². The summed E-state index contributed by atoms with van der Waals surface area (Å²) in [5.41, 5.74) is 0. The van der Waals surface area contributed by atoms with E-state index in [2.05, 4.69) is 79.9 Å². The second-order valence-corrected chi connectivity index (χ2v) is 19.3. The summed E-state index contributed by atoms with van der Waals surface area (Å²) in [5.74, 6) is -0.267. The quantitative estimate of drug-likeness (QED) is 0.0207. The Hall–Kier alpha value is -2.57. The molecule has 2 heterocycles. The van der Waals surface area contributed by atoms with Gasteiger partial charge in [0, 0.05) is 6.42 Å². The number of rotatable bonds is 42. The van der Waals surface area contributed by atoms with Crippen LogP contribution in [0.1, 0.15) is 187 Å². The van der Waals surface area contributed by atoms with Crippen LogP contribution in [0.5, 0.6) is 0 Å². The van der Waals surface area contributed by atoms with Crippen molar-refractivity contribution in [2.45, 2.75) is 261 Å². The van der Waals surface area contributed by atoms with Crippen LogP contribution < -0.4 is 5.32 Å². The third-order valence-corrected chi connectivity index (χ3v) is 13.1. The van der Waals surface area contributed by atoms with E-state index in [0.29, 0.717) is 12.8 Å². The second-order valence-electron chi connectivity index (χ2n) is 19.3. The average Bonchev–Trinajstić information content (AvgIpc) is 3.37. The van der Waals surface area contributed by atoms with Crippen LogP contribution in [-0.4, -0.2) is 140 Å². The average molecular weight is 1010 g/mol. The lowest BCUT2D eigenvalue weighted by atomic mass is 9.97. The molecule has 14 nitrogen and oxygen atoms in total. The molecule has 0 aromatic carbocycles. The van der Waals surface area contributed by atoms with E-state index in [0.717, 1.165) is 83.5 Å². The van der Waals surface area contributed by atoms with E-state index in [-0.39, 0.29) is 18.9 Å². The molecule has 0 bridgehead atoms. The van der Waals surface area contributed by atoms with Gasteiger partial charge in [-0.25, -0.2) is 0 Å². The highest BCUT2D eigenvalue weighted by atomic mass is 16.7. The zero-order valence-electron chi connectivity index (χ0n) is 43.7. The van der Waals surface area contributed by atoms with E-state index in [1.165, 1.54) is 70.6 Å². The van der Waals surface area contributed by atoms with Crippen LogP contribution >= 0.6 is 0 Å². The number of amides is 1. The molecule has 2 aliphatic rings. The van der Waals surface area contributed by atoms with Crippen molar-refractivity contribution in [3.63, 3.8) is 0 Å². The molecule has 0 saturated carbocycles. The van der Waals surface area contributed by atoms with Crippen LogP contribution in [0.2, 0.25) is 0 Å². The van der Waals surface area contributed by atoms with Crippen molar-refractivity contribution in [2.24, 2.45) is 0 Å². The van der Waals surface area contributed by atoms with Gasteiger partial charge in [0.1, 0.15) is 48.8 Å². The maximum Gasteiger partial charge on any atom is 0.220 e. The minimum Gasteiger partial charge on any atom is -0.394 e. The van der Waals surface area contributed by atoms with Gasteiger partial charge in [-0.1, -0.05) is 177 Å². The van der Waals surface area contributed by atoms with E-state index in [1.54, 1.807) is 6.08 Å². The van der Waals surface area contributed by atoms with Gasteiger partial charge in [0.15, 0.2) is 12.6 Å². The summed E-state index contributed by atoms with van der Waals surface area (Å²) in [4.78, 5) is 13.2. The van der Waals surface area contributed by atoms with E-state index < -0.39 is 86.8 Å². The molecule has 2 saturated heterocycles. The number of aliphatic hydroxyl groups excluding tert-OH is 8. The summed E-state index contributed by atoms with van der Waals surface area (Å²) in [6.07, 6.45) is 37.9. The summed E-state index contributed by atoms with van der Waals surface area (Å²) in [5, 5.41) is 86.9. The lowest BCUT2D eigenvalue weighted by Gasteiger charge is -2.46. The smallest absolute Gasteiger partial charge is 0.220 e. The first-order chi connectivity index (χ1) is 34.6. The van der Waals surface area contributed by atoms with Crippen molar-refractivity contribution in [2.75, 3.05) is 19.8 Å². The van der Waals surface area contributed by atoms with Gasteiger partial charge in [-0.15, -0.1) is 0 Å². The van der Waals surface area contributed by atoms with Crippen LogP contribution in [0.25, 0.3) is 0 Å². The Kier molecular flexibility index (Phi) is 38.9. The Morgan fingerprint density at radius 3 is 1.55 bits per heavy atom. The van der Waals surface area contributed by atoms with Gasteiger partial charge >= 0.3 is 0 Å². The van der Waals surface area contributed by atoms with Crippen LogP contribution in [-0.2, 0) is 23.7 Å². The molecular formula is C57H99NO13. The zero-order chi connectivity index (χ0) is 51.7. The summed E-state index contributed by atoms with van der Waals surface area (Å²) >= 11 is 0. The van der Waals surface area contributed by atoms with Gasteiger partial charge in [0.25, 0.3) is 0 Å². The van der Waals surface area contributed by atoms with Crippen LogP contribution in [0.3, 0.4) is 0 Å². The number of aliphatic hydroxyl groups is 8. The van der Waals surface area contributed by atoms with Crippen LogP contribution in [0, 0.1) is 0 Å². The van der Waals surface area contributed by atoms with Crippen molar-refractivity contribution in [3.05, 3.63) is 72.9 Å². The number of carbonyl (C=O) groups excluding carboxylic acids is 1. The third-order valence-electron chi connectivity index (χ3n) is 13.1. The fraction of sp³-hybridized carbons (Fsp3) is 0.772. The standard InChI is InChI=1S/C57H99NO13/c1-3-5-7-9-11-13-15-17-19-21-22-23-25-26-28-30-32-34-36-38-40-46(61)45(58-49(62)41-39-37-35-33-31-29-27-24-20-18-16-14-12-10-8-6-4-2)44-68-56-54(67)52(65)55(48(43-60)70-56)71-57-53(66)51(64)50(63)47(42-59)69-57/h6,8,12,14,18,20,23,25,30,32,38,40,45-48,50-57,59-61,63-67H,3-5,7,9-11,13,15-17,19,21-22,24,26-29,31,33-37,39,41-44H2,1-2H3,(H,58,62)/b8-6-,14-12-,20-18-,25-23+,32-30+,40-38+. The monoisotopic (exact) mass is 1010 g/mol. The topological polar surface area (TPSA) is 228 Å². The highest BCUT2D eigenvalue weighted by Crippen LogP contribution is 2.30. The maximum atomic E-state index is 13.2. The first-order valence-corrected chi connectivity index (χ1v) is 27.7. The molecule has 0 spiro atoms. The molecule has 71 heavy (non-hydrogen) atoms. The van der Waals surface area contributed by atoms with Crippen molar-refractivity contribution < 1.29 is 64.6 Å². The van der Waals surface area contributed by atoms with Crippen molar-refractivity contribution >= 4 is 5.91 Å². The molecular weight excluding hydrogens is 907 g/mol. The van der Waals surface area contributed by atoms with E-state index in [4.69, 9.17) is 18.9 Å². The number of unbranched alkanes of at least 4 members (excludes halogenated alkanes) is 19. The van der Waals surface area contributed by atoms with Crippen molar-refractivity contribution in [1.82, 2.24) is 5.32 Å². The molecule has 0 aliphatic carbocycles. The zero-order valence-corrected chi connectivity index (χ0v) is 43.7. The summed E-state index contributed by atoms with van der Waals surface area (Å²) < 4.78 is 22.7. The van der Waals surface area contributed by atoms with E-state index in [9.17, 15) is 45.6 Å². The van der Waals surface area contributed by atoms with Gasteiger partial charge in [0.05, 0.1) is 32.0 Å². The first-order valence-electron chi connectivity index (χ1n) is 27.7. The van der Waals surface area contributed by atoms with Gasteiger partial charge in [0.2, 0.25) is 5.91 Å². The number of ether oxygens (including phenoxy) is 4. The summed E-state index contributed by atoms with van der Waals surface area (Å²) in [6.45, 7) is 2.64. The van der Waals surface area contributed by atoms with Gasteiger partial charge in [-0.3, -0.25) is 4.79 Å². The maximum absolute atomic E-state index is 13.2. The largest absolute Gasteiger partial charge is 0.394 e. The Morgan fingerprint density at radius 2 is 0.986 bits per heavy atom. The molecule has 9 N–H and O–H groups in total. The first kappa shape index (κ1) is 64.5. The van der Waals surface area contributed by atoms with Crippen LogP contribution in [0.15, 0.2) is 72.9 Å². The molecule has 12 unspecified atom stereocenters.